The number of aliphatic hydroxyl groups is 1. The van der Waals surface area contributed by atoms with E-state index in [9.17, 15) is 0 Å². The van der Waals surface area contributed by atoms with Crippen LogP contribution < -0.4 is 0 Å². The maximum atomic E-state index is 7.93. The molecular formula is C2H8N12O. The molecule has 13 heteroatoms. The van der Waals surface area contributed by atoms with Gasteiger partial charge >= 0.3 is 0 Å². The summed E-state index contributed by atoms with van der Waals surface area (Å²) in [7, 11) is 0. The van der Waals surface area contributed by atoms with Gasteiger partial charge in [0.1, 0.15) is 0 Å². The largest absolute Gasteiger partial charge is 0.396 e. The molecule has 0 bridgehead atoms. The summed E-state index contributed by atoms with van der Waals surface area (Å²) in [5.74, 6) is 0. The van der Waals surface area contributed by atoms with E-state index in [-0.39, 0.29) is 13.2 Å². The van der Waals surface area contributed by atoms with Crippen LogP contribution in [-0.2, 0) is 0 Å². The molecule has 0 rings (SSSR count). The summed E-state index contributed by atoms with van der Waals surface area (Å²) in [5.41, 5.74) is 44.3. The summed E-state index contributed by atoms with van der Waals surface area (Å²) in [6, 6.07) is 0. The van der Waals surface area contributed by atoms with E-state index in [4.69, 9.17) is 43.8 Å². The predicted octanol–water partition coefficient (Wildman–Crippen LogP) is 2.92. The second-order valence-corrected chi connectivity index (χ2v) is 0.978. The van der Waals surface area contributed by atoms with Crippen LogP contribution in [0.4, 0.5) is 0 Å². The van der Waals surface area contributed by atoms with Gasteiger partial charge in [-0.05, 0) is 36.9 Å². The molecule has 0 aliphatic carbocycles. The van der Waals surface area contributed by atoms with Crippen molar-refractivity contribution in [3.8, 4) is 0 Å². The van der Waals surface area contributed by atoms with Crippen LogP contribution in [0.15, 0.2) is 5.11 Å². The van der Waals surface area contributed by atoms with Crippen LogP contribution in [0, 0.1) is 16.6 Å². The number of hydrogen-bond donors (Lipinski definition) is 4. The highest BCUT2D eigenvalue weighted by Crippen LogP contribution is 1.63. The molecular weight excluding hydrogens is 208 g/mol. The molecule has 0 saturated carbocycles. The highest BCUT2D eigenvalue weighted by atomic mass is 16.3. The van der Waals surface area contributed by atoms with Crippen LogP contribution in [0.5, 0.6) is 0 Å². The van der Waals surface area contributed by atoms with Crippen molar-refractivity contribution in [2.45, 2.75) is 0 Å². The topological polar surface area (TPSA) is 250 Å². The Morgan fingerprint density at radius 2 is 1.20 bits per heavy atom. The number of rotatable bonds is 2. The highest BCUT2D eigenvalue weighted by molar-refractivity contribution is 4.41. The van der Waals surface area contributed by atoms with Crippen molar-refractivity contribution < 1.29 is 5.11 Å². The average molecular weight is 216 g/mol. The standard InChI is InChI=1S/C2H5N3O.3HN3/c3-5-4-1-2-6;3*1-3-2/h6H,1-2H2;3*1H. The molecule has 0 heterocycles. The van der Waals surface area contributed by atoms with Gasteiger partial charge in [-0.2, -0.15) is 0 Å². The van der Waals surface area contributed by atoms with Crippen molar-refractivity contribution >= 4 is 0 Å². The molecule has 0 aromatic heterocycles. The Kier molecular flexibility index (Phi) is 100. The molecule has 0 aromatic rings. The van der Waals surface area contributed by atoms with Gasteiger partial charge in [-0.1, -0.05) is 5.11 Å². The van der Waals surface area contributed by atoms with Crippen LogP contribution in [0.25, 0.3) is 41.8 Å². The van der Waals surface area contributed by atoms with E-state index in [1.807, 2.05) is 0 Å². The van der Waals surface area contributed by atoms with Crippen LogP contribution >= 0.6 is 0 Å². The van der Waals surface area contributed by atoms with Crippen LogP contribution in [0.1, 0.15) is 0 Å². The minimum atomic E-state index is -0.0654. The lowest BCUT2D eigenvalue weighted by molar-refractivity contribution is 0.306. The first kappa shape index (κ1) is 22.8. The third kappa shape index (κ3) is 23700. The van der Waals surface area contributed by atoms with E-state index >= 15 is 0 Å². The normalized spacial score (nSPS) is 4.33. The Labute approximate surface area is 82.8 Å². The molecule has 0 unspecified atom stereocenters. The molecule has 0 atom stereocenters. The van der Waals surface area contributed by atoms with Gasteiger partial charge in [-0.3, -0.25) is 0 Å². The fourth-order valence-corrected chi connectivity index (χ4v) is 0.0894. The maximum absolute atomic E-state index is 7.93. The van der Waals surface area contributed by atoms with Crippen molar-refractivity contribution in [2.75, 3.05) is 13.2 Å². The minimum absolute atomic E-state index is 0.0654. The summed E-state index contributed by atoms with van der Waals surface area (Å²) in [5, 5.41) is 11.0. The molecule has 0 fully saturated rings. The number of nitrogens with one attached hydrogen (secondary N) is 3. The molecule has 0 aliphatic heterocycles. The number of nitrogens with zero attached hydrogens (tertiary/aromatic N) is 9. The summed E-state index contributed by atoms with van der Waals surface area (Å²) >= 11 is 0. The lowest BCUT2D eigenvalue weighted by Gasteiger charge is -1.72. The first-order valence-corrected chi connectivity index (χ1v) is 2.80. The third-order valence-corrected chi connectivity index (χ3v) is 0.263. The fourth-order valence-electron chi connectivity index (χ4n) is 0.0894. The van der Waals surface area contributed by atoms with Crippen molar-refractivity contribution in [3.63, 3.8) is 0 Å². The van der Waals surface area contributed by atoms with Gasteiger partial charge in [0.15, 0.2) is 0 Å². The molecule has 0 amide bonds. The van der Waals surface area contributed by atoms with E-state index in [0.29, 0.717) is 0 Å². The van der Waals surface area contributed by atoms with Crippen molar-refractivity contribution in [2.24, 2.45) is 5.11 Å². The molecule has 4 N–H and O–H groups in total. The van der Waals surface area contributed by atoms with Gasteiger partial charge in [0.2, 0.25) is 0 Å². The number of azide groups is 1. The molecule has 13 nitrogen and oxygen atoms in total. The Bertz CT molecular complexity index is 214. The van der Waals surface area contributed by atoms with Gasteiger partial charge in [0.25, 0.3) is 0 Å². The molecule has 0 spiro atoms. The summed E-state index contributed by atoms with van der Waals surface area (Å²) in [6.07, 6.45) is 0. The molecule has 0 radical (unpaired) electrons. The zero-order valence-electron chi connectivity index (χ0n) is 7.39. The summed E-state index contributed by atoms with van der Waals surface area (Å²) in [6.45, 7) is 0.112. The summed E-state index contributed by atoms with van der Waals surface area (Å²) in [4.78, 5) is 7.64. The van der Waals surface area contributed by atoms with E-state index in [2.05, 4.69) is 10.0 Å². The monoisotopic (exact) mass is 216 g/mol. The van der Waals surface area contributed by atoms with Crippen LogP contribution in [0.2, 0.25) is 0 Å². The molecule has 0 aromatic carbocycles. The Balaban J connectivity index is -0.0000000581. The van der Waals surface area contributed by atoms with Crippen molar-refractivity contribution in [1.82, 2.24) is 0 Å². The fraction of sp³-hybridized carbons (Fsp3) is 1.00. The second kappa shape index (κ2) is 66.1. The second-order valence-electron chi connectivity index (χ2n) is 0.978. The predicted molar refractivity (Wildman–Crippen MR) is 49.4 cm³/mol. The number of hydrogen-bond acceptors (Lipinski definition) is 5. The molecule has 0 aliphatic rings. The Morgan fingerprint density at radius 1 is 0.933 bits per heavy atom. The van der Waals surface area contributed by atoms with E-state index in [0.717, 1.165) is 0 Å². The zero-order valence-corrected chi connectivity index (χ0v) is 7.39. The summed E-state index contributed by atoms with van der Waals surface area (Å²) < 4.78 is 0. The van der Waals surface area contributed by atoms with Crippen LogP contribution in [-0.4, -0.2) is 18.3 Å². The maximum Gasteiger partial charge on any atom is 0.0490 e. The van der Waals surface area contributed by atoms with Gasteiger partial charge in [-0.15, -0.1) is 16.6 Å². The van der Waals surface area contributed by atoms with Gasteiger partial charge < -0.3 is 5.11 Å². The molecule has 0 saturated heterocycles. The minimum Gasteiger partial charge on any atom is -0.396 e. The lowest BCUT2D eigenvalue weighted by Crippen LogP contribution is -1.82. The molecule has 15 heavy (non-hydrogen) atoms. The van der Waals surface area contributed by atoms with Gasteiger partial charge in [-0.25, -0.2) is 0 Å². The van der Waals surface area contributed by atoms with Crippen molar-refractivity contribution in [3.05, 3.63) is 41.8 Å². The first-order chi connectivity index (χ1) is 7.16. The lowest BCUT2D eigenvalue weighted by atomic mass is 10.8. The highest BCUT2D eigenvalue weighted by Gasteiger charge is 1.66. The Morgan fingerprint density at radius 3 is 1.27 bits per heavy atom. The van der Waals surface area contributed by atoms with E-state index in [1.165, 1.54) is 0 Å². The van der Waals surface area contributed by atoms with Gasteiger partial charge in [0.05, 0.1) is 0 Å². The Hall–Kier alpha value is -2.80. The van der Waals surface area contributed by atoms with E-state index in [1.54, 1.807) is 14.7 Å². The number of aliphatic hydroxyl groups excluding tert-OH is 1. The third-order valence-electron chi connectivity index (χ3n) is 0.263. The first-order valence-electron chi connectivity index (χ1n) is 2.80. The molecule has 82 valence electrons. The quantitative estimate of drug-likeness (QED) is 0.303. The van der Waals surface area contributed by atoms with Crippen LogP contribution in [0.3, 0.4) is 0 Å². The van der Waals surface area contributed by atoms with E-state index < -0.39 is 0 Å². The zero-order chi connectivity index (χ0) is 12.9. The smallest absolute Gasteiger partial charge is 0.0490 e. The van der Waals surface area contributed by atoms with Gasteiger partial charge in [0, 0.05) is 18.1 Å². The average Bonchev–Trinajstić information content (AvgIpc) is 2.18. The SMILES string of the molecule is [N-]=[N+]=N.[N-]=[N+]=N.[N-]=[N+]=N.[N-]=[N+]=NCCO. The van der Waals surface area contributed by atoms with Crippen molar-refractivity contribution in [1.29, 1.82) is 16.6 Å².